The molecule has 0 radical (unpaired) electrons. The first-order valence-electron chi connectivity index (χ1n) is 9.58. The first-order valence-corrected chi connectivity index (χ1v) is 10.6. The Balaban J connectivity index is 1.64. The molecule has 6 nitrogen and oxygen atoms in total. The molecule has 0 aliphatic heterocycles. The van der Waals surface area contributed by atoms with E-state index < -0.39 is 11.9 Å². The Morgan fingerprint density at radius 1 is 0.839 bits per heavy atom. The Kier molecular flexibility index (Phi) is 7.10. The second kappa shape index (κ2) is 9.95. The van der Waals surface area contributed by atoms with E-state index in [-0.39, 0.29) is 22.8 Å². The highest BCUT2D eigenvalue weighted by atomic mass is 32.2. The molecule has 0 atom stereocenters. The van der Waals surface area contributed by atoms with Crippen LogP contribution in [0.2, 0.25) is 0 Å². The van der Waals surface area contributed by atoms with Crippen molar-refractivity contribution in [1.82, 2.24) is 0 Å². The Labute approximate surface area is 184 Å². The number of carboxylic acid groups (broad SMARTS) is 1. The van der Waals surface area contributed by atoms with E-state index in [1.54, 1.807) is 30.3 Å². The zero-order chi connectivity index (χ0) is 22.4. The van der Waals surface area contributed by atoms with Gasteiger partial charge in [0, 0.05) is 16.3 Å². The van der Waals surface area contributed by atoms with Crippen LogP contribution < -0.4 is 10.6 Å². The molecule has 3 N–H and O–H groups in total. The van der Waals surface area contributed by atoms with Gasteiger partial charge in [0.15, 0.2) is 0 Å². The van der Waals surface area contributed by atoms with E-state index in [1.807, 2.05) is 38.1 Å². The second-order valence-electron chi connectivity index (χ2n) is 6.94. The normalized spacial score (nSPS) is 10.4. The lowest BCUT2D eigenvalue weighted by Gasteiger charge is -2.12. The van der Waals surface area contributed by atoms with Crippen molar-refractivity contribution in [3.05, 3.63) is 89.0 Å². The van der Waals surface area contributed by atoms with Gasteiger partial charge in [-0.1, -0.05) is 36.4 Å². The number of amides is 2. The molecule has 0 aliphatic carbocycles. The minimum Gasteiger partial charge on any atom is -0.478 e. The lowest BCUT2D eigenvalue weighted by molar-refractivity contribution is -0.113. The number of hydrogen-bond donors (Lipinski definition) is 3. The summed E-state index contributed by atoms with van der Waals surface area (Å²) in [5.74, 6) is -1.57. The summed E-state index contributed by atoms with van der Waals surface area (Å²) in [6.45, 7) is 3.90. The second-order valence-corrected chi connectivity index (χ2v) is 7.99. The van der Waals surface area contributed by atoms with E-state index in [4.69, 9.17) is 0 Å². The van der Waals surface area contributed by atoms with Crippen molar-refractivity contribution in [2.75, 3.05) is 16.4 Å². The standard InChI is InChI=1S/C24H22N2O4S/c1-15-7-5-8-16(2)22(15)26-21(27)14-31-18-10-6-9-17(13-18)25-23(28)19-11-3-4-12-20(19)24(29)30/h3-13H,14H2,1-2H3,(H,25,28)(H,26,27)(H,29,30). The summed E-state index contributed by atoms with van der Waals surface area (Å²) in [7, 11) is 0. The molecule has 0 fully saturated rings. The maximum absolute atomic E-state index is 12.5. The van der Waals surface area contributed by atoms with Gasteiger partial charge in [-0.25, -0.2) is 4.79 Å². The Morgan fingerprint density at radius 2 is 1.48 bits per heavy atom. The average Bonchev–Trinajstić information content (AvgIpc) is 2.75. The van der Waals surface area contributed by atoms with Crippen LogP contribution in [-0.4, -0.2) is 28.6 Å². The molecule has 0 heterocycles. The summed E-state index contributed by atoms with van der Waals surface area (Å²) in [5, 5.41) is 14.9. The van der Waals surface area contributed by atoms with Crippen molar-refractivity contribution in [2.45, 2.75) is 18.7 Å². The van der Waals surface area contributed by atoms with Gasteiger partial charge in [0.1, 0.15) is 0 Å². The smallest absolute Gasteiger partial charge is 0.336 e. The van der Waals surface area contributed by atoms with E-state index in [0.717, 1.165) is 21.7 Å². The number of benzene rings is 3. The molecular weight excluding hydrogens is 412 g/mol. The fourth-order valence-electron chi connectivity index (χ4n) is 3.07. The minimum atomic E-state index is -1.16. The van der Waals surface area contributed by atoms with E-state index in [0.29, 0.717) is 5.69 Å². The SMILES string of the molecule is Cc1cccc(C)c1NC(=O)CSc1cccc(NC(=O)c2ccccc2C(=O)O)c1. The minimum absolute atomic E-state index is 0.0614. The summed E-state index contributed by atoms with van der Waals surface area (Å²) in [6.07, 6.45) is 0. The topological polar surface area (TPSA) is 95.5 Å². The first kappa shape index (κ1) is 22.1. The molecular formula is C24H22N2O4S. The third-order valence-corrected chi connectivity index (χ3v) is 5.60. The van der Waals surface area contributed by atoms with Crippen LogP contribution in [0.3, 0.4) is 0 Å². The molecule has 3 rings (SSSR count). The summed E-state index contributed by atoms with van der Waals surface area (Å²) in [4.78, 5) is 37.1. The first-order chi connectivity index (χ1) is 14.8. The van der Waals surface area contributed by atoms with Crippen LogP contribution in [0, 0.1) is 13.8 Å². The number of aromatic carboxylic acids is 1. The van der Waals surface area contributed by atoms with Gasteiger partial charge in [-0.15, -0.1) is 11.8 Å². The molecule has 0 saturated carbocycles. The lowest BCUT2D eigenvalue weighted by Crippen LogP contribution is -2.16. The van der Waals surface area contributed by atoms with Crippen molar-refractivity contribution in [3.63, 3.8) is 0 Å². The zero-order valence-electron chi connectivity index (χ0n) is 17.1. The van der Waals surface area contributed by atoms with Crippen LogP contribution in [0.5, 0.6) is 0 Å². The monoisotopic (exact) mass is 434 g/mol. The fourth-order valence-corrected chi connectivity index (χ4v) is 3.82. The predicted molar refractivity (Wildman–Crippen MR) is 123 cm³/mol. The molecule has 0 bridgehead atoms. The van der Waals surface area contributed by atoms with Gasteiger partial charge >= 0.3 is 5.97 Å². The number of hydrogen-bond acceptors (Lipinski definition) is 4. The number of anilines is 2. The Bertz CT molecular complexity index is 1120. The van der Waals surface area contributed by atoms with Gasteiger partial charge < -0.3 is 15.7 Å². The molecule has 2 amide bonds. The predicted octanol–water partition coefficient (Wildman–Crippen LogP) is 4.98. The van der Waals surface area contributed by atoms with Gasteiger partial charge in [0.2, 0.25) is 5.91 Å². The van der Waals surface area contributed by atoms with Crippen LogP contribution in [0.1, 0.15) is 31.8 Å². The molecule has 0 aromatic heterocycles. The van der Waals surface area contributed by atoms with Crippen molar-refractivity contribution < 1.29 is 19.5 Å². The number of carbonyl (C=O) groups is 3. The van der Waals surface area contributed by atoms with Crippen LogP contribution in [0.15, 0.2) is 71.6 Å². The maximum atomic E-state index is 12.5. The van der Waals surface area contributed by atoms with Crippen molar-refractivity contribution >= 4 is 40.9 Å². The number of rotatable bonds is 7. The molecule has 3 aromatic rings. The van der Waals surface area contributed by atoms with E-state index >= 15 is 0 Å². The van der Waals surface area contributed by atoms with E-state index in [2.05, 4.69) is 10.6 Å². The van der Waals surface area contributed by atoms with E-state index in [9.17, 15) is 19.5 Å². The number of carbonyl (C=O) groups excluding carboxylic acids is 2. The van der Waals surface area contributed by atoms with Crippen molar-refractivity contribution in [3.8, 4) is 0 Å². The molecule has 158 valence electrons. The molecule has 0 spiro atoms. The number of para-hydroxylation sites is 1. The summed E-state index contributed by atoms with van der Waals surface area (Å²) in [5.41, 5.74) is 3.38. The van der Waals surface area contributed by atoms with Gasteiger partial charge in [-0.2, -0.15) is 0 Å². The number of aryl methyl sites for hydroxylation is 2. The highest BCUT2D eigenvalue weighted by molar-refractivity contribution is 8.00. The van der Waals surface area contributed by atoms with E-state index in [1.165, 1.54) is 23.9 Å². The number of carboxylic acids is 1. The highest BCUT2D eigenvalue weighted by Gasteiger charge is 2.16. The quantitative estimate of drug-likeness (QED) is 0.456. The van der Waals surface area contributed by atoms with Crippen LogP contribution in [0.4, 0.5) is 11.4 Å². The van der Waals surface area contributed by atoms with Crippen LogP contribution in [-0.2, 0) is 4.79 Å². The van der Waals surface area contributed by atoms with Gasteiger partial charge in [0.25, 0.3) is 5.91 Å². The fraction of sp³-hybridized carbons (Fsp3) is 0.125. The largest absolute Gasteiger partial charge is 0.478 e. The maximum Gasteiger partial charge on any atom is 0.336 e. The molecule has 7 heteroatoms. The van der Waals surface area contributed by atoms with Crippen molar-refractivity contribution in [2.24, 2.45) is 0 Å². The number of thioether (sulfide) groups is 1. The third-order valence-electron chi connectivity index (χ3n) is 4.61. The molecule has 3 aromatic carbocycles. The van der Waals surface area contributed by atoms with Crippen molar-refractivity contribution in [1.29, 1.82) is 0 Å². The third kappa shape index (κ3) is 5.73. The number of nitrogens with one attached hydrogen (secondary N) is 2. The summed E-state index contributed by atoms with van der Waals surface area (Å²) < 4.78 is 0. The zero-order valence-corrected chi connectivity index (χ0v) is 18.0. The average molecular weight is 435 g/mol. The molecule has 0 saturated heterocycles. The molecule has 0 unspecified atom stereocenters. The van der Waals surface area contributed by atoms with Gasteiger partial charge in [-0.3, -0.25) is 9.59 Å². The van der Waals surface area contributed by atoms with Gasteiger partial charge in [0.05, 0.1) is 16.9 Å². The summed E-state index contributed by atoms with van der Waals surface area (Å²) in [6, 6.07) is 19.0. The Hall–Kier alpha value is -3.58. The van der Waals surface area contributed by atoms with Gasteiger partial charge in [-0.05, 0) is 55.3 Å². The van der Waals surface area contributed by atoms with Crippen LogP contribution in [0.25, 0.3) is 0 Å². The highest BCUT2D eigenvalue weighted by Crippen LogP contribution is 2.24. The Morgan fingerprint density at radius 3 is 2.16 bits per heavy atom. The molecule has 0 aliphatic rings. The summed E-state index contributed by atoms with van der Waals surface area (Å²) >= 11 is 1.35. The lowest BCUT2D eigenvalue weighted by atomic mass is 10.1. The van der Waals surface area contributed by atoms with Crippen LogP contribution >= 0.6 is 11.8 Å². The molecule has 31 heavy (non-hydrogen) atoms.